The third-order valence-electron chi connectivity index (χ3n) is 6.51. The Labute approximate surface area is 136 Å². The molecule has 0 amide bonds. The maximum atomic E-state index is 11.4. The summed E-state index contributed by atoms with van der Waals surface area (Å²) in [7, 11) is 0. The van der Waals surface area contributed by atoms with Gasteiger partial charge in [-0.3, -0.25) is 0 Å². The van der Waals surface area contributed by atoms with Gasteiger partial charge in [0.1, 0.15) is 0 Å². The van der Waals surface area contributed by atoms with Crippen molar-refractivity contribution in [1.29, 1.82) is 0 Å². The van der Waals surface area contributed by atoms with Crippen molar-refractivity contribution < 1.29 is 10.2 Å². The topological polar surface area (TPSA) is 40.5 Å². The molecule has 2 aliphatic carbocycles. The lowest BCUT2D eigenvalue weighted by atomic mass is 9.52. The van der Waals surface area contributed by atoms with Crippen LogP contribution in [0.2, 0.25) is 0 Å². The third kappa shape index (κ3) is 3.33. The lowest BCUT2D eigenvalue weighted by Gasteiger charge is -2.57. The van der Waals surface area contributed by atoms with Crippen molar-refractivity contribution in [3.63, 3.8) is 0 Å². The molecule has 0 radical (unpaired) electrons. The molecule has 3 atom stereocenters. The van der Waals surface area contributed by atoms with Crippen molar-refractivity contribution in [2.45, 2.75) is 90.8 Å². The Morgan fingerprint density at radius 2 is 1.59 bits per heavy atom. The van der Waals surface area contributed by atoms with Crippen molar-refractivity contribution in [3.8, 4) is 0 Å². The van der Waals surface area contributed by atoms with Gasteiger partial charge in [-0.15, -0.1) is 0 Å². The summed E-state index contributed by atoms with van der Waals surface area (Å²) in [4.78, 5) is 0. The summed E-state index contributed by atoms with van der Waals surface area (Å²) in [5, 5.41) is 22.3. The Morgan fingerprint density at radius 3 is 2.27 bits per heavy atom. The van der Waals surface area contributed by atoms with Crippen molar-refractivity contribution in [2.24, 2.45) is 11.3 Å². The normalized spacial score (nSPS) is 40.0. The molecule has 2 bridgehead atoms. The second-order valence-electron chi connectivity index (χ2n) is 8.55. The zero-order chi connectivity index (χ0) is 16.6. The lowest BCUT2D eigenvalue weighted by molar-refractivity contribution is -0.197. The van der Waals surface area contributed by atoms with Crippen LogP contribution in [0.1, 0.15) is 79.6 Å². The number of allylic oxidation sites excluding steroid dienone is 3. The fraction of sp³-hybridized carbons (Fsp3) is 0.800. The Morgan fingerprint density at radius 1 is 0.955 bits per heavy atom. The van der Waals surface area contributed by atoms with Crippen LogP contribution >= 0.6 is 0 Å². The number of hydrogen-bond acceptors (Lipinski definition) is 2. The first-order chi connectivity index (χ1) is 10.1. The maximum Gasteiger partial charge on any atom is 0.0737 e. The van der Waals surface area contributed by atoms with E-state index in [1.54, 1.807) is 0 Å². The minimum Gasteiger partial charge on any atom is -0.390 e. The van der Waals surface area contributed by atoms with E-state index in [4.69, 9.17) is 0 Å². The van der Waals surface area contributed by atoms with Crippen LogP contribution < -0.4 is 0 Å². The summed E-state index contributed by atoms with van der Waals surface area (Å²) in [6, 6.07) is 0. The van der Waals surface area contributed by atoms with Gasteiger partial charge in [-0.1, -0.05) is 37.1 Å². The van der Waals surface area contributed by atoms with Crippen molar-refractivity contribution in [1.82, 2.24) is 0 Å². The molecule has 0 aromatic carbocycles. The van der Waals surface area contributed by atoms with E-state index >= 15 is 0 Å². The molecular formula is C20H34O2. The zero-order valence-electron chi connectivity index (χ0n) is 15.1. The molecule has 22 heavy (non-hydrogen) atoms. The monoisotopic (exact) mass is 306 g/mol. The van der Waals surface area contributed by atoms with Crippen LogP contribution in [0.4, 0.5) is 0 Å². The molecule has 2 aliphatic rings. The van der Waals surface area contributed by atoms with Crippen LogP contribution in [0, 0.1) is 11.3 Å². The Kier molecular flexibility index (Phi) is 4.94. The summed E-state index contributed by atoms with van der Waals surface area (Å²) in [6.07, 6.45) is 10.8. The van der Waals surface area contributed by atoms with E-state index in [0.29, 0.717) is 19.3 Å². The van der Waals surface area contributed by atoms with E-state index in [1.165, 1.54) is 11.1 Å². The highest BCUT2D eigenvalue weighted by atomic mass is 16.3. The van der Waals surface area contributed by atoms with Crippen molar-refractivity contribution >= 4 is 0 Å². The molecule has 0 aromatic rings. The van der Waals surface area contributed by atoms with Gasteiger partial charge in [-0.2, -0.15) is 0 Å². The second-order valence-corrected chi connectivity index (χ2v) is 8.55. The predicted molar refractivity (Wildman–Crippen MR) is 92.7 cm³/mol. The smallest absolute Gasteiger partial charge is 0.0737 e. The van der Waals surface area contributed by atoms with Crippen LogP contribution in [0.25, 0.3) is 0 Å². The number of hydrogen-bond donors (Lipinski definition) is 2. The van der Waals surface area contributed by atoms with Crippen LogP contribution in [0.15, 0.2) is 23.3 Å². The zero-order valence-corrected chi connectivity index (χ0v) is 15.1. The fourth-order valence-electron chi connectivity index (χ4n) is 4.56. The van der Waals surface area contributed by atoms with Gasteiger partial charge in [0.05, 0.1) is 11.2 Å². The summed E-state index contributed by atoms with van der Waals surface area (Å²) < 4.78 is 0. The van der Waals surface area contributed by atoms with E-state index in [1.807, 2.05) is 6.92 Å². The van der Waals surface area contributed by atoms with Crippen molar-refractivity contribution in [3.05, 3.63) is 23.3 Å². The van der Waals surface area contributed by atoms with Gasteiger partial charge >= 0.3 is 0 Å². The molecule has 1 saturated carbocycles. The lowest BCUT2D eigenvalue weighted by Crippen LogP contribution is -2.60. The van der Waals surface area contributed by atoms with Gasteiger partial charge in [0.25, 0.3) is 0 Å². The Hall–Kier alpha value is -0.600. The predicted octanol–water partition coefficient (Wildman–Crippen LogP) is 4.76. The van der Waals surface area contributed by atoms with Gasteiger partial charge in [0.15, 0.2) is 0 Å². The quantitative estimate of drug-likeness (QED) is 0.633. The highest BCUT2D eigenvalue weighted by Crippen LogP contribution is 2.55. The first-order valence-electron chi connectivity index (χ1n) is 8.84. The van der Waals surface area contributed by atoms with Crippen LogP contribution in [-0.2, 0) is 0 Å². The molecule has 0 aliphatic heterocycles. The molecule has 0 saturated heterocycles. The minimum absolute atomic E-state index is 0.121. The van der Waals surface area contributed by atoms with Crippen LogP contribution in [-0.4, -0.2) is 21.4 Å². The molecule has 1 fully saturated rings. The highest BCUT2D eigenvalue weighted by molar-refractivity contribution is 5.14. The van der Waals surface area contributed by atoms with E-state index in [0.717, 1.165) is 25.7 Å². The molecule has 0 heterocycles. The number of fused-ring (bicyclic) bond motifs is 2. The molecule has 3 unspecified atom stereocenters. The molecule has 2 rings (SSSR count). The summed E-state index contributed by atoms with van der Waals surface area (Å²) in [5.41, 5.74) is 1.10. The van der Waals surface area contributed by atoms with Gasteiger partial charge in [-0.05, 0) is 77.0 Å². The highest BCUT2D eigenvalue weighted by Gasteiger charge is 2.56. The van der Waals surface area contributed by atoms with E-state index in [2.05, 4.69) is 39.8 Å². The summed E-state index contributed by atoms with van der Waals surface area (Å²) in [6.45, 7) is 10.6. The third-order valence-corrected chi connectivity index (χ3v) is 6.51. The van der Waals surface area contributed by atoms with Gasteiger partial charge < -0.3 is 10.2 Å². The van der Waals surface area contributed by atoms with Crippen molar-refractivity contribution in [2.75, 3.05) is 0 Å². The number of aliphatic hydroxyl groups is 2. The average molecular weight is 306 g/mol. The molecule has 0 aromatic heterocycles. The first kappa shape index (κ1) is 17.7. The second kappa shape index (κ2) is 6.13. The summed E-state index contributed by atoms with van der Waals surface area (Å²) >= 11 is 0. The van der Waals surface area contributed by atoms with Gasteiger partial charge in [-0.25, -0.2) is 0 Å². The van der Waals surface area contributed by atoms with Gasteiger partial charge in [0.2, 0.25) is 0 Å². The van der Waals surface area contributed by atoms with Gasteiger partial charge in [0, 0.05) is 0 Å². The Bertz CT molecular complexity index is 470. The van der Waals surface area contributed by atoms with E-state index in [-0.39, 0.29) is 11.3 Å². The van der Waals surface area contributed by atoms with Crippen LogP contribution in [0.5, 0.6) is 0 Å². The Balaban J connectivity index is 2.40. The molecule has 2 N–H and O–H groups in total. The molecule has 2 nitrogen and oxygen atoms in total. The number of rotatable bonds is 0. The standard InChI is InChI=1S/C20H34O2/c1-15-7-6-8-16(2)11-12-20(22)14-13-19(5,21)17(10-9-15)18(20,3)4/h7,11,17,21-22H,6,8-10,12-14H2,1-5H3. The van der Waals surface area contributed by atoms with Crippen LogP contribution in [0.3, 0.4) is 0 Å². The largest absolute Gasteiger partial charge is 0.390 e. The summed E-state index contributed by atoms with van der Waals surface area (Å²) in [5.74, 6) is 0.121. The SMILES string of the molecule is CC1=CCC2(O)CCC(C)(O)C(CCC(C)=CCC1)C2(C)C. The first-order valence-corrected chi connectivity index (χ1v) is 8.84. The molecule has 0 spiro atoms. The fourth-order valence-corrected chi connectivity index (χ4v) is 4.56. The van der Waals surface area contributed by atoms with E-state index < -0.39 is 11.2 Å². The average Bonchev–Trinajstić information content (AvgIpc) is 2.40. The van der Waals surface area contributed by atoms with E-state index in [9.17, 15) is 10.2 Å². The molecule has 126 valence electrons. The molecular weight excluding hydrogens is 272 g/mol. The maximum absolute atomic E-state index is 11.4. The molecule has 2 heteroatoms. The minimum atomic E-state index is -0.710.